The van der Waals surface area contributed by atoms with E-state index < -0.39 is 0 Å². The van der Waals surface area contributed by atoms with Gasteiger partial charge in [-0.25, -0.2) is 0 Å². The lowest BCUT2D eigenvalue weighted by Gasteiger charge is -2.27. The molecule has 10 rings (SSSR count). The first-order valence-corrected chi connectivity index (χ1v) is 21.7. The molecule has 0 bridgehead atoms. The summed E-state index contributed by atoms with van der Waals surface area (Å²) in [4.78, 5) is 2.33. The van der Waals surface area contributed by atoms with E-state index in [9.17, 15) is 0 Å². The quantitative estimate of drug-likeness (QED) is 0.130. The number of furan rings is 2. The average molecular weight is 814 g/mol. The molecule has 0 unspecified atom stereocenters. The number of benzene rings is 7. The van der Waals surface area contributed by atoms with Gasteiger partial charge in [0.25, 0.3) is 0 Å². The number of nitrogens with zero attached hydrogens (tertiary/aromatic N) is 1. The van der Waals surface area contributed by atoms with Gasteiger partial charge in [-0.3, -0.25) is 0 Å². The van der Waals surface area contributed by atoms with E-state index in [0.717, 1.165) is 114 Å². The molecule has 0 fully saturated rings. The largest absolute Gasteiger partial charge is 0.456 e. The van der Waals surface area contributed by atoms with Gasteiger partial charge in [0.15, 0.2) is 0 Å². The number of aryl methyl sites for hydroxylation is 1. The van der Waals surface area contributed by atoms with Crippen LogP contribution in [0.15, 0.2) is 192 Å². The lowest BCUT2D eigenvalue weighted by atomic mass is 9.89. The molecule has 1 aliphatic rings. The number of hydrogen-bond acceptors (Lipinski definition) is 3. The molecule has 304 valence electrons. The van der Waals surface area contributed by atoms with Gasteiger partial charge in [0.1, 0.15) is 22.7 Å². The first-order valence-electron chi connectivity index (χ1n) is 21.7. The number of rotatable bonds is 11. The van der Waals surface area contributed by atoms with Gasteiger partial charge in [-0.15, -0.1) is 0 Å². The van der Waals surface area contributed by atoms with E-state index in [1.807, 2.05) is 38.2 Å². The summed E-state index contributed by atoms with van der Waals surface area (Å²) >= 11 is 0. The third-order valence-corrected chi connectivity index (χ3v) is 12.1. The second-order valence-corrected chi connectivity index (χ2v) is 15.9. The van der Waals surface area contributed by atoms with Gasteiger partial charge in [-0.2, -0.15) is 0 Å². The summed E-state index contributed by atoms with van der Waals surface area (Å²) < 4.78 is 13.4. The predicted octanol–water partition coefficient (Wildman–Crippen LogP) is 17.6. The van der Waals surface area contributed by atoms with Crippen molar-refractivity contribution in [1.82, 2.24) is 0 Å². The highest BCUT2D eigenvalue weighted by Crippen LogP contribution is 2.45. The van der Waals surface area contributed by atoms with E-state index in [0.29, 0.717) is 0 Å². The zero-order chi connectivity index (χ0) is 42.9. The van der Waals surface area contributed by atoms with Crippen LogP contribution >= 0.6 is 0 Å². The maximum absolute atomic E-state index is 6.70. The molecule has 63 heavy (non-hydrogen) atoms. The topological polar surface area (TPSA) is 29.5 Å². The average Bonchev–Trinajstić information content (AvgIpc) is 3.91. The van der Waals surface area contributed by atoms with Gasteiger partial charge in [-0.1, -0.05) is 159 Å². The predicted molar refractivity (Wildman–Crippen MR) is 269 cm³/mol. The van der Waals surface area contributed by atoms with E-state index >= 15 is 0 Å². The fourth-order valence-corrected chi connectivity index (χ4v) is 9.16. The van der Waals surface area contributed by atoms with E-state index in [1.54, 1.807) is 0 Å². The van der Waals surface area contributed by atoms with Gasteiger partial charge in [0.05, 0.1) is 0 Å². The third-order valence-electron chi connectivity index (χ3n) is 12.1. The SMILES string of the molecule is C=Cc1cc(N(c2ccc(-c3ccc(-c4cccc5c6c(oc45)C=CCC6)c(-c4cccc5c(C=C)c(/C=C\C)oc45)c3)cc2)c2cccc(-c3ccccc3)c2)ccc1/C=C\C. The molecule has 3 heteroatoms. The summed E-state index contributed by atoms with van der Waals surface area (Å²) in [7, 11) is 0. The van der Waals surface area contributed by atoms with Crippen LogP contribution in [0.3, 0.4) is 0 Å². The molecule has 3 nitrogen and oxygen atoms in total. The van der Waals surface area contributed by atoms with E-state index in [4.69, 9.17) is 8.83 Å². The summed E-state index contributed by atoms with van der Waals surface area (Å²) in [6, 6.07) is 54.5. The molecule has 0 radical (unpaired) electrons. The molecule has 0 N–H and O–H groups in total. The Morgan fingerprint density at radius 3 is 1.95 bits per heavy atom. The van der Waals surface area contributed by atoms with Gasteiger partial charge in [0, 0.05) is 50.1 Å². The molecular weight excluding hydrogens is 767 g/mol. The Balaban J connectivity index is 1.13. The van der Waals surface area contributed by atoms with Crippen LogP contribution < -0.4 is 4.90 Å². The molecule has 0 spiro atoms. The number of allylic oxidation sites excluding steroid dienone is 3. The monoisotopic (exact) mass is 813 g/mol. The Morgan fingerprint density at radius 2 is 1.17 bits per heavy atom. The summed E-state index contributed by atoms with van der Waals surface area (Å²) in [6.07, 6.45) is 18.3. The summed E-state index contributed by atoms with van der Waals surface area (Å²) in [5, 5.41) is 2.21. The Hall–Kier alpha value is -7.88. The van der Waals surface area contributed by atoms with Crippen LogP contribution in [0, 0.1) is 0 Å². The molecule has 0 saturated carbocycles. The molecule has 0 saturated heterocycles. The molecule has 0 aliphatic heterocycles. The van der Waals surface area contributed by atoms with Crippen molar-refractivity contribution in [3.05, 3.63) is 217 Å². The number of para-hydroxylation sites is 2. The van der Waals surface area contributed by atoms with Crippen LogP contribution in [-0.2, 0) is 6.42 Å². The smallest absolute Gasteiger partial charge is 0.143 e. The first kappa shape index (κ1) is 39.3. The van der Waals surface area contributed by atoms with Crippen LogP contribution in [0.4, 0.5) is 17.1 Å². The fourth-order valence-electron chi connectivity index (χ4n) is 9.16. The lowest BCUT2D eigenvalue weighted by Crippen LogP contribution is -2.10. The Kier molecular flexibility index (Phi) is 10.5. The minimum atomic E-state index is 0.798. The van der Waals surface area contributed by atoms with Crippen molar-refractivity contribution in [2.24, 2.45) is 0 Å². The number of hydrogen-bond donors (Lipinski definition) is 0. The first-order chi connectivity index (χ1) is 31.1. The van der Waals surface area contributed by atoms with Crippen molar-refractivity contribution in [2.45, 2.75) is 26.7 Å². The van der Waals surface area contributed by atoms with Crippen molar-refractivity contribution < 1.29 is 8.83 Å². The van der Waals surface area contributed by atoms with E-state index in [1.165, 1.54) is 16.5 Å². The standard InChI is InChI=1S/C60H47NO2/c1-5-17-41-31-35-48(37-40(41)7-3)61(47-22-14-21-44(38-47)42-19-10-9-11-20-42)46-33-29-43(30-34-46)45-32-36-50(53-25-16-26-54-51-23-12-13-28-58(51)63-60(53)54)56(39-45)55-27-15-24-52-49(8-4)57(18-6-2)62-59(52)55/h5-11,13-22,24-39H,3-4,12,23H2,1-2H3/b17-5-,18-6-. The van der Waals surface area contributed by atoms with E-state index in [2.05, 4.69) is 194 Å². The lowest BCUT2D eigenvalue weighted by molar-refractivity contribution is 0.596. The zero-order valence-corrected chi connectivity index (χ0v) is 35.6. The normalized spacial score (nSPS) is 12.4. The number of anilines is 3. The van der Waals surface area contributed by atoms with Crippen molar-refractivity contribution in [3.8, 4) is 44.5 Å². The molecule has 0 amide bonds. The van der Waals surface area contributed by atoms with Crippen LogP contribution in [-0.4, -0.2) is 0 Å². The fraction of sp³-hybridized carbons (Fsp3) is 0.0667. The highest BCUT2D eigenvalue weighted by atomic mass is 16.3. The van der Waals surface area contributed by atoms with Gasteiger partial charge in [0.2, 0.25) is 0 Å². The molecular formula is C60H47NO2. The van der Waals surface area contributed by atoms with Crippen molar-refractivity contribution >= 4 is 69.4 Å². The molecule has 7 aromatic carbocycles. The minimum Gasteiger partial charge on any atom is -0.456 e. The Bertz CT molecular complexity index is 3280. The molecule has 1 aliphatic carbocycles. The van der Waals surface area contributed by atoms with Crippen molar-refractivity contribution in [1.29, 1.82) is 0 Å². The van der Waals surface area contributed by atoms with Crippen molar-refractivity contribution in [2.75, 3.05) is 4.90 Å². The van der Waals surface area contributed by atoms with Crippen LogP contribution in [0.5, 0.6) is 0 Å². The Morgan fingerprint density at radius 1 is 0.508 bits per heavy atom. The van der Waals surface area contributed by atoms with Gasteiger partial charge >= 0.3 is 0 Å². The third kappa shape index (κ3) is 7.18. The highest BCUT2D eigenvalue weighted by molar-refractivity contribution is 6.06. The zero-order valence-electron chi connectivity index (χ0n) is 35.6. The van der Waals surface area contributed by atoms with Gasteiger partial charge in [-0.05, 0) is 126 Å². The molecule has 0 atom stereocenters. The second-order valence-electron chi connectivity index (χ2n) is 15.9. The van der Waals surface area contributed by atoms with Gasteiger partial charge < -0.3 is 13.7 Å². The summed E-state index contributed by atoms with van der Waals surface area (Å²) in [5.74, 6) is 1.75. The molecule has 2 heterocycles. The highest BCUT2D eigenvalue weighted by Gasteiger charge is 2.23. The van der Waals surface area contributed by atoms with Crippen LogP contribution in [0.1, 0.15) is 54.0 Å². The summed E-state index contributed by atoms with van der Waals surface area (Å²) in [5.41, 5.74) is 18.1. The minimum absolute atomic E-state index is 0.798. The van der Waals surface area contributed by atoms with Crippen LogP contribution in [0.2, 0.25) is 0 Å². The van der Waals surface area contributed by atoms with Crippen molar-refractivity contribution in [3.63, 3.8) is 0 Å². The maximum Gasteiger partial charge on any atom is 0.143 e. The summed E-state index contributed by atoms with van der Waals surface area (Å²) in [6.45, 7) is 12.4. The van der Waals surface area contributed by atoms with E-state index in [-0.39, 0.29) is 0 Å². The molecule has 9 aromatic rings. The molecule has 2 aromatic heterocycles. The maximum atomic E-state index is 6.70. The Labute approximate surface area is 369 Å². The van der Waals surface area contributed by atoms with Crippen LogP contribution in [0.25, 0.3) is 96.8 Å². The second kappa shape index (κ2) is 16.9. The number of fused-ring (bicyclic) bond motifs is 4.